The number of carbonyl (C=O) groups is 1. The number of aromatic nitrogens is 3. The van der Waals surface area contributed by atoms with Gasteiger partial charge in [-0.3, -0.25) is 4.79 Å². The van der Waals surface area contributed by atoms with Crippen LogP contribution in [0.4, 0.5) is 5.00 Å². The molecule has 34 heavy (non-hydrogen) atoms. The van der Waals surface area contributed by atoms with Crippen LogP contribution in [-0.4, -0.2) is 26.4 Å². The molecule has 1 N–H and O–H groups in total. The molecule has 0 bridgehead atoms. The van der Waals surface area contributed by atoms with Crippen LogP contribution in [0.15, 0.2) is 29.4 Å². The molecule has 1 amide bonds. The van der Waals surface area contributed by atoms with Crippen molar-refractivity contribution >= 4 is 34.0 Å². The average Bonchev–Trinajstić information content (AvgIpc) is 3.29. The summed E-state index contributed by atoms with van der Waals surface area (Å²) < 4.78 is 8.05. The van der Waals surface area contributed by atoms with Crippen LogP contribution in [0.2, 0.25) is 0 Å². The van der Waals surface area contributed by atoms with Crippen molar-refractivity contribution in [1.82, 2.24) is 14.8 Å². The second kappa shape index (κ2) is 11.1. The van der Waals surface area contributed by atoms with Gasteiger partial charge in [-0.25, -0.2) is 0 Å². The van der Waals surface area contributed by atoms with Crippen molar-refractivity contribution in [1.29, 1.82) is 5.26 Å². The molecule has 9 heteroatoms. The Bertz CT molecular complexity index is 1210. The van der Waals surface area contributed by atoms with Crippen molar-refractivity contribution in [3.63, 3.8) is 0 Å². The monoisotopic (exact) mass is 495 g/mol. The number of amides is 1. The molecule has 2 heterocycles. The molecule has 1 aliphatic carbocycles. The van der Waals surface area contributed by atoms with E-state index in [2.05, 4.69) is 21.6 Å². The summed E-state index contributed by atoms with van der Waals surface area (Å²) in [5.41, 5.74) is 2.90. The number of hydrogen-bond donors (Lipinski definition) is 1. The number of carbonyl (C=O) groups excluding carboxylic acids is 1. The first-order valence-corrected chi connectivity index (χ1v) is 13.4. The molecule has 0 spiro atoms. The lowest BCUT2D eigenvalue weighted by atomic mass is 10.1. The molecule has 0 saturated heterocycles. The Morgan fingerprint density at radius 2 is 2.15 bits per heavy atom. The fourth-order valence-electron chi connectivity index (χ4n) is 4.19. The lowest BCUT2D eigenvalue weighted by molar-refractivity contribution is -0.113. The van der Waals surface area contributed by atoms with Gasteiger partial charge in [-0.2, -0.15) is 5.26 Å². The molecule has 7 nitrogen and oxygen atoms in total. The van der Waals surface area contributed by atoms with Crippen molar-refractivity contribution in [2.45, 2.75) is 70.7 Å². The Labute approximate surface area is 208 Å². The summed E-state index contributed by atoms with van der Waals surface area (Å²) in [6, 6.07) is 10.2. The maximum absolute atomic E-state index is 12.7. The first kappa shape index (κ1) is 24.3. The lowest BCUT2D eigenvalue weighted by Crippen LogP contribution is -2.15. The maximum Gasteiger partial charge on any atom is 0.235 e. The highest BCUT2D eigenvalue weighted by molar-refractivity contribution is 7.99. The fraction of sp³-hybridized carbons (Fsp3) is 0.440. The zero-order chi connectivity index (χ0) is 24.1. The molecule has 1 unspecified atom stereocenters. The van der Waals surface area contributed by atoms with E-state index in [0.717, 1.165) is 48.4 Å². The number of aryl methyl sites for hydroxylation is 2. The van der Waals surface area contributed by atoms with Crippen LogP contribution in [0.3, 0.4) is 0 Å². The van der Waals surface area contributed by atoms with E-state index in [-0.39, 0.29) is 17.8 Å². The molecular weight excluding hydrogens is 466 g/mol. The molecule has 2 aromatic heterocycles. The minimum absolute atomic E-state index is 0.144. The van der Waals surface area contributed by atoms with Crippen molar-refractivity contribution in [3.05, 3.63) is 51.7 Å². The Balaban J connectivity index is 1.41. The summed E-state index contributed by atoms with van der Waals surface area (Å²) >= 11 is 2.90. The molecule has 3 aromatic rings. The largest absolute Gasteiger partial charge is 0.483 e. The van der Waals surface area contributed by atoms with Crippen LogP contribution < -0.4 is 10.1 Å². The second-order valence-electron chi connectivity index (χ2n) is 8.38. The molecule has 1 aliphatic rings. The Kier molecular flexibility index (Phi) is 7.91. The quantitative estimate of drug-likeness (QED) is 0.319. The van der Waals surface area contributed by atoms with Gasteiger partial charge in [0.1, 0.15) is 16.8 Å². The number of nitrogens with one attached hydrogen (secondary N) is 1. The van der Waals surface area contributed by atoms with Crippen molar-refractivity contribution in [2.75, 3.05) is 11.1 Å². The summed E-state index contributed by atoms with van der Waals surface area (Å²) in [6.07, 6.45) is 5.07. The van der Waals surface area contributed by atoms with Gasteiger partial charge in [0.15, 0.2) is 17.1 Å². The number of ether oxygens (including phenoxy) is 1. The third kappa shape index (κ3) is 5.45. The van der Waals surface area contributed by atoms with Crippen LogP contribution in [0, 0.1) is 18.3 Å². The number of fused-ring (bicyclic) bond motifs is 1. The summed E-state index contributed by atoms with van der Waals surface area (Å²) in [4.78, 5) is 14.0. The van der Waals surface area contributed by atoms with E-state index in [1.54, 1.807) is 11.3 Å². The zero-order valence-corrected chi connectivity index (χ0v) is 21.4. The summed E-state index contributed by atoms with van der Waals surface area (Å²) in [5.74, 6) is 1.56. The summed E-state index contributed by atoms with van der Waals surface area (Å²) in [7, 11) is 0. The van der Waals surface area contributed by atoms with E-state index in [4.69, 9.17) is 4.74 Å². The van der Waals surface area contributed by atoms with E-state index in [1.165, 1.54) is 23.1 Å². The third-order valence-corrected chi connectivity index (χ3v) is 8.02. The predicted molar refractivity (Wildman–Crippen MR) is 136 cm³/mol. The number of anilines is 1. The lowest BCUT2D eigenvalue weighted by Gasteiger charge is -2.16. The molecule has 0 fully saturated rings. The van der Waals surface area contributed by atoms with Gasteiger partial charge in [-0.05, 0) is 69.7 Å². The predicted octanol–water partition coefficient (Wildman–Crippen LogP) is 5.68. The molecular formula is C25H29N5O2S2. The number of nitriles is 1. The molecule has 1 atom stereocenters. The topological polar surface area (TPSA) is 92.8 Å². The van der Waals surface area contributed by atoms with Crippen LogP contribution in [-0.2, 0) is 24.2 Å². The number of thiophene rings is 1. The summed E-state index contributed by atoms with van der Waals surface area (Å²) in [6.45, 7) is 6.67. The highest BCUT2D eigenvalue weighted by atomic mass is 32.2. The smallest absolute Gasteiger partial charge is 0.235 e. The first-order valence-electron chi connectivity index (χ1n) is 11.6. The highest BCUT2D eigenvalue weighted by Gasteiger charge is 2.22. The SMILES string of the molecule is CCn1c(SCC(=O)Nc2sc3c(c2C#N)CCCCC3)nnc1C(C)Oc1cccc(C)c1. The molecule has 1 aromatic carbocycles. The van der Waals surface area contributed by atoms with Crippen LogP contribution in [0.5, 0.6) is 5.75 Å². The van der Waals surface area contributed by atoms with E-state index >= 15 is 0 Å². The van der Waals surface area contributed by atoms with Crippen molar-refractivity contribution in [3.8, 4) is 11.8 Å². The van der Waals surface area contributed by atoms with Crippen molar-refractivity contribution in [2.24, 2.45) is 0 Å². The second-order valence-corrected chi connectivity index (χ2v) is 10.4. The molecule has 4 rings (SSSR count). The van der Waals surface area contributed by atoms with Gasteiger partial charge in [-0.15, -0.1) is 21.5 Å². The van der Waals surface area contributed by atoms with E-state index in [1.807, 2.05) is 49.6 Å². The minimum atomic E-state index is -0.280. The summed E-state index contributed by atoms with van der Waals surface area (Å²) in [5, 5.41) is 22.7. The molecule has 0 saturated carbocycles. The van der Waals surface area contributed by atoms with Crippen LogP contribution in [0.25, 0.3) is 0 Å². The van der Waals surface area contributed by atoms with Crippen molar-refractivity contribution < 1.29 is 9.53 Å². The Morgan fingerprint density at radius 1 is 1.32 bits per heavy atom. The van der Waals surface area contributed by atoms with E-state index in [0.29, 0.717) is 22.3 Å². The van der Waals surface area contributed by atoms with Crippen LogP contribution in [0.1, 0.15) is 66.6 Å². The Hall–Kier alpha value is -2.83. The number of thioether (sulfide) groups is 1. The maximum atomic E-state index is 12.7. The van der Waals surface area contributed by atoms with E-state index in [9.17, 15) is 10.1 Å². The molecule has 0 radical (unpaired) electrons. The van der Waals surface area contributed by atoms with Gasteiger partial charge >= 0.3 is 0 Å². The number of nitrogens with zero attached hydrogens (tertiary/aromatic N) is 4. The first-order chi connectivity index (χ1) is 16.5. The highest BCUT2D eigenvalue weighted by Crippen LogP contribution is 2.37. The number of rotatable bonds is 8. The van der Waals surface area contributed by atoms with Gasteiger partial charge < -0.3 is 14.6 Å². The van der Waals surface area contributed by atoms with Gasteiger partial charge in [-0.1, -0.05) is 30.3 Å². The number of hydrogen-bond acceptors (Lipinski definition) is 7. The average molecular weight is 496 g/mol. The van der Waals surface area contributed by atoms with Gasteiger partial charge in [0, 0.05) is 11.4 Å². The fourth-order valence-corrected chi connectivity index (χ4v) is 6.26. The van der Waals surface area contributed by atoms with Gasteiger partial charge in [0.05, 0.1) is 11.3 Å². The molecule has 0 aliphatic heterocycles. The van der Waals surface area contributed by atoms with Gasteiger partial charge in [0.25, 0.3) is 0 Å². The van der Waals surface area contributed by atoms with Crippen LogP contribution >= 0.6 is 23.1 Å². The van der Waals surface area contributed by atoms with E-state index < -0.39 is 0 Å². The third-order valence-electron chi connectivity index (χ3n) is 5.85. The normalized spacial score (nSPS) is 14.1. The minimum Gasteiger partial charge on any atom is -0.483 e. The van der Waals surface area contributed by atoms with Gasteiger partial charge in [0.2, 0.25) is 5.91 Å². The zero-order valence-electron chi connectivity index (χ0n) is 19.8. The Morgan fingerprint density at radius 3 is 2.91 bits per heavy atom. The number of benzene rings is 1. The molecule has 178 valence electrons. The standard InChI is InChI=1S/C25H29N5O2S2/c1-4-30-23(17(3)32-18-10-8-9-16(2)13-18)28-29-25(30)33-15-22(31)27-24-20(14-26)19-11-6-5-7-12-21(19)34-24/h8-10,13,17H,4-7,11-12,15H2,1-3H3,(H,27,31).